The molecule has 0 radical (unpaired) electrons. The highest BCUT2D eigenvalue weighted by Gasteiger charge is 2.18. The number of anilines is 1. The summed E-state index contributed by atoms with van der Waals surface area (Å²) in [7, 11) is 0. The molecule has 2 aromatic rings. The van der Waals surface area contributed by atoms with E-state index in [4.69, 9.17) is 0 Å². The summed E-state index contributed by atoms with van der Waals surface area (Å²) in [6, 6.07) is 10.4. The minimum atomic E-state index is 0.241. The van der Waals surface area contributed by atoms with Crippen LogP contribution in [0, 0.1) is 0 Å². The van der Waals surface area contributed by atoms with E-state index in [9.17, 15) is 0 Å². The van der Waals surface area contributed by atoms with Crippen molar-refractivity contribution in [3.05, 3.63) is 41.7 Å². The Morgan fingerprint density at radius 1 is 1.16 bits per heavy atom. The molecule has 0 saturated carbocycles. The summed E-state index contributed by atoms with van der Waals surface area (Å²) in [4.78, 5) is 6.86. The topological polar surface area (TPSA) is 56.8 Å². The van der Waals surface area contributed by atoms with Crippen LogP contribution in [0.25, 0.3) is 0 Å². The van der Waals surface area contributed by atoms with Crippen molar-refractivity contribution in [2.24, 2.45) is 0 Å². The largest absolute Gasteiger partial charge is 0.337 e. The van der Waals surface area contributed by atoms with Crippen LogP contribution in [-0.2, 0) is 0 Å². The van der Waals surface area contributed by atoms with E-state index in [1.807, 2.05) is 6.07 Å². The van der Waals surface area contributed by atoms with Gasteiger partial charge >= 0.3 is 0 Å². The van der Waals surface area contributed by atoms with Crippen LogP contribution in [0.4, 0.5) is 5.95 Å². The van der Waals surface area contributed by atoms with Crippen molar-refractivity contribution in [3.63, 3.8) is 0 Å². The van der Waals surface area contributed by atoms with Gasteiger partial charge < -0.3 is 10.2 Å². The lowest BCUT2D eigenvalue weighted by molar-refractivity contribution is 0.580. The van der Waals surface area contributed by atoms with Gasteiger partial charge in [-0.3, -0.25) is 5.10 Å². The van der Waals surface area contributed by atoms with E-state index in [2.05, 4.69) is 56.6 Å². The van der Waals surface area contributed by atoms with Crippen LogP contribution in [0.15, 0.2) is 30.3 Å². The maximum atomic E-state index is 4.64. The van der Waals surface area contributed by atoms with E-state index in [1.165, 1.54) is 5.56 Å². The van der Waals surface area contributed by atoms with Crippen LogP contribution in [-0.4, -0.2) is 41.4 Å². The highest BCUT2D eigenvalue weighted by atomic mass is 15.4. The molecule has 1 unspecified atom stereocenters. The van der Waals surface area contributed by atoms with Crippen LogP contribution < -0.4 is 10.2 Å². The molecule has 3 rings (SSSR count). The monoisotopic (exact) mass is 257 g/mol. The second kappa shape index (κ2) is 5.40. The second-order valence-electron chi connectivity index (χ2n) is 4.89. The number of piperazine rings is 1. The van der Waals surface area contributed by atoms with Gasteiger partial charge in [-0.25, -0.2) is 0 Å². The Balaban J connectivity index is 1.77. The fourth-order valence-electron chi connectivity index (χ4n) is 2.36. The van der Waals surface area contributed by atoms with Crippen LogP contribution in [0.3, 0.4) is 0 Å². The molecule has 1 aromatic carbocycles. The third-order valence-corrected chi connectivity index (χ3v) is 3.60. The Bertz CT molecular complexity index is 516. The molecule has 1 aliphatic rings. The van der Waals surface area contributed by atoms with Crippen molar-refractivity contribution in [1.82, 2.24) is 20.5 Å². The normalized spacial score (nSPS) is 17.4. The Morgan fingerprint density at radius 2 is 1.89 bits per heavy atom. The summed E-state index contributed by atoms with van der Waals surface area (Å²) in [5.41, 5.74) is 1.26. The Kier molecular flexibility index (Phi) is 3.46. The van der Waals surface area contributed by atoms with Crippen LogP contribution in [0.2, 0.25) is 0 Å². The third-order valence-electron chi connectivity index (χ3n) is 3.60. The van der Waals surface area contributed by atoms with Gasteiger partial charge in [0.2, 0.25) is 5.95 Å². The highest BCUT2D eigenvalue weighted by molar-refractivity contribution is 5.32. The number of rotatable bonds is 3. The predicted molar refractivity (Wildman–Crippen MR) is 75.4 cm³/mol. The molecule has 100 valence electrons. The van der Waals surface area contributed by atoms with E-state index in [-0.39, 0.29) is 5.92 Å². The van der Waals surface area contributed by atoms with E-state index in [0.29, 0.717) is 0 Å². The lowest BCUT2D eigenvalue weighted by Crippen LogP contribution is -2.44. The smallest absolute Gasteiger partial charge is 0.244 e. The standard InChI is InChI=1S/C14H19N5/c1-11(12-5-3-2-4-6-12)13-16-14(18-17-13)19-9-7-15-8-10-19/h2-6,11,15H,7-10H2,1H3,(H,16,17,18). The molecule has 0 aliphatic carbocycles. The molecule has 0 amide bonds. The number of aromatic nitrogens is 3. The second-order valence-corrected chi connectivity index (χ2v) is 4.89. The molecular weight excluding hydrogens is 238 g/mol. The SMILES string of the molecule is CC(c1ccccc1)c1nc(N2CCNCC2)n[nH]1. The number of nitrogens with one attached hydrogen (secondary N) is 2. The molecule has 2 N–H and O–H groups in total. The first kappa shape index (κ1) is 12.2. The summed E-state index contributed by atoms with van der Waals surface area (Å²) in [5, 5.41) is 10.8. The number of aromatic amines is 1. The summed E-state index contributed by atoms with van der Waals surface area (Å²) in [5.74, 6) is 1.99. The van der Waals surface area contributed by atoms with Crippen molar-refractivity contribution in [2.45, 2.75) is 12.8 Å². The molecule has 5 heteroatoms. The highest BCUT2D eigenvalue weighted by Crippen LogP contribution is 2.22. The van der Waals surface area contributed by atoms with E-state index < -0.39 is 0 Å². The van der Waals surface area contributed by atoms with Gasteiger partial charge in [-0.1, -0.05) is 37.3 Å². The summed E-state index contributed by atoms with van der Waals surface area (Å²) in [6.45, 7) is 6.08. The van der Waals surface area contributed by atoms with Gasteiger partial charge in [-0.2, -0.15) is 4.98 Å². The zero-order valence-electron chi connectivity index (χ0n) is 11.1. The van der Waals surface area contributed by atoms with Crippen LogP contribution in [0.5, 0.6) is 0 Å². The maximum absolute atomic E-state index is 4.64. The van der Waals surface area contributed by atoms with Crippen LogP contribution >= 0.6 is 0 Å². The van der Waals surface area contributed by atoms with Gasteiger partial charge in [-0.15, -0.1) is 5.10 Å². The summed E-state index contributed by atoms with van der Waals surface area (Å²) >= 11 is 0. The number of H-pyrrole nitrogens is 1. The fraction of sp³-hybridized carbons (Fsp3) is 0.429. The number of nitrogens with zero attached hydrogens (tertiary/aromatic N) is 3. The lowest BCUT2D eigenvalue weighted by atomic mass is 10.0. The minimum absolute atomic E-state index is 0.241. The van der Waals surface area contributed by atoms with E-state index in [0.717, 1.165) is 38.0 Å². The molecule has 19 heavy (non-hydrogen) atoms. The fourth-order valence-corrected chi connectivity index (χ4v) is 2.36. The van der Waals surface area contributed by atoms with Crippen molar-refractivity contribution < 1.29 is 0 Å². The average molecular weight is 257 g/mol. The lowest BCUT2D eigenvalue weighted by Gasteiger charge is -2.25. The first-order valence-electron chi connectivity index (χ1n) is 6.77. The van der Waals surface area contributed by atoms with Crippen molar-refractivity contribution >= 4 is 5.95 Å². The van der Waals surface area contributed by atoms with Gasteiger partial charge in [0, 0.05) is 32.1 Å². The van der Waals surface area contributed by atoms with Crippen LogP contribution in [0.1, 0.15) is 24.2 Å². The zero-order chi connectivity index (χ0) is 13.1. The number of benzene rings is 1. The molecule has 1 aliphatic heterocycles. The third kappa shape index (κ3) is 2.61. The van der Waals surface area contributed by atoms with Crippen molar-refractivity contribution in [1.29, 1.82) is 0 Å². The predicted octanol–water partition coefficient (Wildman–Crippen LogP) is 1.37. The molecule has 0 bridgehead atoms. The van der Waals surface area contributed by atoms with E-state index >= 15 is 0 Å². The Labute approximate surface area is 113 Å². The van der Waals surface area contributed by atoms with E-state index in [1.54, 1.807) is 0 Å². The quantitative estimate of drug-likeness (QED) is 0.872. The summed E-state index contributed by atoms with van der Waals surface area (Å²) in [6.07, 6.45) is 0. The number of hydrogen-bond acceptors (Lipinski definition) is 4. The summed E-state index contributed by atoms with van der Waals surface area (Å²) < 4.78 is 0. The van der Waals surface area contributed by atoms with Gasteiger partial charge in [-0.05, 0) is 5.56 Å². The molecule has 1 saturated heterocycles. The molecule has 2 heterocycles. The van der Waals surface area contributed by atoms with Gasteiger partial charge in [0.15, 0.2) is 0 Å². The Morgan fingerprint density at radius 3 is 2.63 bits per heavy atom. The minimum Gasteiger partial charge on any atom is -0.337 e. The van der Waals surface area contributed by atoms with Gasteiger partial charge in [0.05, 0.1) is 0 Å². The van der Waals surface area contributed by atoms with Gasteiger partial charge in [0.25, 0.3) is 0 Å². The van der Waals surface area contributed by atoms with Crippen molar-refractivity contribution in [3.8, 4) is 0 Å². The molecule has 1 atom stereocenters. The molecular formula is C14H19N5. The molecule has 5 nitrogen and oxygen atoms in total. The van der Waals surface area contributed by atoms with Crippen molar-refractivity contribution in [2.75, 3.05) is 31.1 Å². The number of hydrogen-bond donors (Lipinski definition) is 2. The Hall–Kier alpha value is -1.88. The molecule has 1 aromatic heterocycles. The van der Waals surface area contributed by atoms with Gasteiger partial charge in [0.1, 0.15) is 5.82 Å². The zero-order valence-corrected chi connectivity index (χ0v) is 11.1. The molecule has 1 fully saturated rings. The first-order valence-corrected chi connectivity index (χ1v) is 6.77. The maximum Gasteiger partial charge on any atom is 0.244 e. The average Bonchev–Trinajstić information content (AvgIpc) is 2.98. The molecule has 0 spiro atoms. The first-order chi connectivity index (χ1) is 9.34.